The molecule has 1 aromatic carbocycles. The zero-order valence-electron chi connectivity index (χ0n) is 9.42. The van der Waals surface area contributed by atoms with E-state index in [0.717, 1.165) is 0 Å². The van der Waals surface area contributed by atoms with Gasteiger partial charge in [0.05, 0.1) is 5.75 Å². The van der Waals surface area contributed by atoms with Crippen LogP contribution in [-0.4, -0.2) is 14.2 Å². The second-order valence-corrected chi connectivity index (χ2v) is 8.83. The largest absolute Gasteiger partial charge is 0.233 e. The molecule has 2 bridgehead atoms. The van der Waals surface area contributed by atoms with Gasteiger partial charge >= 0.3 is 0 Å². The summed E-state index contributed by atoms with van der Waals surface area (Å²) in [6.07, 6.45) is 2.05. The lowest BCUT2D eigenvalue weighted by Crippen LogP contribution is -2.66. The summed E-state index contributed by atoms with van der Waals surface area (Å²) in [6, 6.07) is 4.53. The first-order valence-corrected chi connectivity index (χ1v) is 8.47. The molecule has 0 amide bonds. The molecule has 3 aliphatic carbocycles. The third-order valence-electron chi connectivity index (χ3n) is 4.12. The number of hydrogen-bond acceptors (Lipinski definition) is 2. The molecule has 6 heteroatoms. The van der Waals surface area contributed by atoms with Gasteiger partial charge in [0.25, 0.3) is 0 Å². The Kier molecular flexibility index (Phi) is 2.55. The fourth-order valence-corrected chi connectivity index (χ4v) is 5.61. The highest BCUT2D eigenvalue weighted by Crippen LogP contribution is 2.74. The number of hydrogen-bond donors (Lipinski definition) is 0. The van der Waals surface area contributed by atoms with E-state index in [9.17, 15) is 12.8 Å². The Balaban J connectivity index is 1.82. The first-order valence-electron chi connectivity index (χ1n) is 5.62. The molecule has 0 aliphatic heterocycles. The van der Waals surface area contributed by atoms with Gasteiger partial charge in [0.1, 0.15) is 5.82 Å². The second-order valence-electron chi connectivity index (χ2n) is 5.62. The third kappa shape index (κ3) is 1.86. The molecule has 0 atom stereocenters. The summed E-state index contributed by atoms with van der Waals surface area (Å²) in [7, 11) is 1.80. The normalized spacial score (nSPS) is 33.7. The van der Waals surface area contributed by atoms with Crippen LogP contribution < -0.4 is 0 Å². The molecule has 0 heterocycles. The Morgan fingerprint density at radius 2 is 1.89 bits per heavy atom. The zero-order valence-corrected chi connectivity index (χ0v) is 11.7. The Morgan fingerprint density at radius 1 is 1.28 bits per heavy atom. The molecule has 0 aromatic heterocycles. The maximum Gasteiger partial charge on any atom is 0.233 e. The molecule has 1 aromatic rings. The van der Waals surface area contributed by atoms with Gasteiger partial charge in [-0.3, -0.25) is 0 Å². The van der Waals surface area contributed by atoms with Crippen LogP contribution in [0.4, 0.5) is 4.39 Å². The van der Waals surface area contributed by atoms with Crippen molar-refractivity contribution in [1.29, 1.82) is 0 Å². The van der Waals surface area contributed by atoms with Gasteiger partial charge in [-0.05, 0) is 53.9 Å². The molecular formula is C12H11Cl2FO2S. The molecule has 3 saturated carbocycles. The van der Waals surface area contributed by atoms with Gasteiger partial charge in [0.2, 0.25) is 9.05 Å². The monoisotopic (exact) mass is 308 g/mol. The van der Waals surface area contributed by atoms with Crippen LogP contribution in [0.2, 0.25) is 5.02 Å². The van der Waals surface area contributed by atoms with Gasteiger partial charge < -0.3 is 0 Å². The topological polar surface area (TPSA) is 34.1 Å². The molecule has 3 fully saturated rings. The van der Waals surface area contributed by atoms with Crippen molar-refractivity contribution < 1.29 is 12.8 Å². The molecule has 0 saturated heterocycles. The van der Waals surface area contributed by atoms with Crippen LogP contribution in [0.3, 0.4) is 0 Å². The summed E-state index contributed by atoms with van der Waals surface area (Å²) in [5.74, 6) is -0.271. The molecule has 0 N–H and O–H groups in total. The number of benzene rings is 1. The van der Waals surface area contributed by atoms with Crippen molar-refractivity contribution in [2.75, 3.05) is 5.75 Å². The molecule has 0 spiro atoms. The molecule has 0 radical (unpaired) electrons. The molecule has 3 aliphatic rings. The van der Waals surface area contributed by atoms with Crippen LogP contribution >= 0.6 is 22.3 Å². The van der Waals surface area contributed by atoms with E-state index in [1.165, 1.54) is 12.1 Å². The van der Waals surface area contributed by atoms with E-state index >= 15 is 0 Å². The molecule has 0 unspecified atom stereocenters. The van der Waals surface area contributed by atoms with E-state index in [1.54, 1.807) is 6.07 Å². The highest BCUT2D eigenvalue weighted by atomic mass is 35.7. The van der Waals surface area contributed by atoms with Crippen molar-refractivity contribution in [1.82, 2.24) is 0 Å². The zero-order chi connectivity index (χ0) is 13.2. The van der Waals surface area contributed by atoms with Gasteiger partial charge in [0.15, 0.2) is 0 Å². The van der Waals surface area contributed by atoms with Crippen molar-refractivity contribution in [3.8, 4) is 0 Å². The fourth-order valence-electron chi connectivity index (χ4n) is 3.71. The standard InChI is InChI=1S/C12H11Cl2FO2S/c13-8-1-2-10(15)9(3-8)12-4-11(5-12,6-12)7-18(14,16)17/h1-3H,4-7H2. The molecular weight excluding hydrogens is 298 g/mol. The highest BCUT2D eigenvalue weighted by molar-refractivity contribution is 8.13. The quantitative estimate of drug-likeness (QED) is 0.801. The molecule has 2 nitrogen and oxygen atoms in total. The Bertz CT molecular complexity index is 607. The van der Waals surface area contributed by atoms with Crippen LogP contribution in [-0.2, 0) is 14.5 Å². The van der Waals surface area contributed by atoms with Crippen molar-refractivity contribution in [2.24, 2.45) is 5.41 Å². The van der Waals surface area contributed by atoms with Gasteiger partial charge in [0, 0.05) is 15.7 Å². The van der Waals surface area contributed by atoms with E-state index in [4.69, 9.17) is 22.3 Å². The average Bonchev–Trinajstić information content (AvgIpc) is 2.12. The van der Waals surface area contributed by atoms with Crippen molar-refractivity contribution in [3.05, 3.63) is 34.6 Å². The van der Waals surface area contributed by atoms with Crippen LogP contribution in [0.15, 0.2) is 18.2 Å². The van der Waals surface area contributed by atoms with Crippen LogP contribution in [0.25, 0.3) is 0 Å². The van der Waals surface area contributed by atoms with E-state index in [2.05, 4.69) is 0 Å². The van der Waals surface area contributed by atoms with Crippen LogP contribution in [0.1, 0.15) is 24.8 Å². The first kappa shape index (κ1) is 12.7. The maximum atomic E-state index is 13.8. The minimum Gasteiger partial charge on any atom is -0.212 e. The lowest BCUT2D eigenvalue weighted by Gasteiger charge is -2.70. The van der Waals surface area contributed by atoms with Crippen molar-refractivity contribution in [2.45, 2.75) is 24.7 Å². The third-order valence-corrected chi connectivity index (χ3v) is 5.64. The fraction of sp³-hybridized carbons (Fsp3) is 0.500. The lowest BCUT2D eigenvalue weighted by atomic mass is 9.34. The summed E-state index contributed by atoms with van der Waals surface area (Å²) >= 11 is 5.88. The minimum atomic E-state index is -3.48. The predicted molar refractivity (Wildman–Crippen MR) is 69.0 cm³/mol. The summed E-state index contributed by atoms with van der Waals surface area (Å²) in [5.41, 5.74) is 0.176. The summed E-state index contributed by atoms with van der Waals surface area (Å²) in [4.78, 5) is 0. The van der Waals surface area contributed by atoms with Crippen LogP contribution in [0.5, 0.6) is 0 Å². The average molecular weight is 309 g/mol. The summed E-state index contributed by atoms with van der Waals surface area (Å²) < 4.78 is 36.0. The number of rotatable bonds is 3. The van der Waals surface area contributed by atoms with Gasteiger partial charge in [-0.25, -0.2) is 12.8 Å². The molecule has 4 rings (SSSR count). The van der Waals surface area contributed by atoms with Crippen molar-refractivity contribution in [3.63, 3.8) is 0 Å². The van der Waals surface area contributed by atoms with Crippen molar-refractivity contribution >= 4 is 31.3 Å². The van der Waals surface area contributed by atoms with Gasteiger partial charge in [-0.2, -0.15) is 0 Å². The Labute approximate surface area is 115 Å². The van der Waals surface area contributed by atoms with Gasteiger partial charge in [-0.15, -0.1) is 0 Å². The summed E-state index contributed by atoms with van der Waals surface area (Å²) in [5, 5.41) is 0.509. The molecule has 18 heavy (non-hydrogen) atoms. The van der Waals surface area contributed by atoms with Gasteiger partial charge in [-0.1, -0.05) is 11.6 Å². The predicted octanol–water partition coefficient (Wildman–Crippen LogP) is 3.47. The van der Waals surface area contributed by atoms with E-state index in [0.29, 0.717) is 29.8 Å². The Hall–Kier alpha value is -0.320. The number of halogens is 3. The van der Waals surface area contributed by atoms with E-state index in [1.807, 2.05) is 0 Å². The van der Waals surface area contributed by atoms with Crippen LogP contribution in [0, 0.1) is 11.2 Å². The smallest absolute Gasteiger partial charge is 0.212 e. The summed E-state index contributed by atoms with van der Waals surface area (Å²) in [6.45, 7) is 0. The SMILES string of the molecule is O=S(=O)(Cl)CC12CC(c3cc(Cl)ccc3F)(C1)C2. The Morgan fingerprint density at radius 3 is 2.44 bits per heavy atom. The second kappa shape index (κ2) is 3.62. The molecule has 98 valence electrons. The highest BCUT2D eigenvalue weighted by Gasteiger charge is 2.69. The van der Waals surface area contributed by atoms with E-state index < -0.39 is 9.05 Å². The maximum absolute atomic E-state index is 13.8. The minimum absolute atomic E-state index is 0.00844. The first-order chi connectivity index (χ1) is 8.24. The lowest BCUT2D eigenvalue weighted by molar-refractivity contribution is -0.123. The van der Waals surface area contributed by atoms with E-state index in [-0.39, 0.29) is 22.4 Å².